The van der Waals surface area contributed by atoms with Crippen LogP contribution in [0.2, 0.25) is 0 Å². The Morgan fingerprint density at radius 2 is 1.71 bits per heavy atom. The van der Waals surface area contributed by atoms with Crippen molar-refractivity contribution in [2.24, 2.45) is 5.10 Å². The lowest BCUT2D eigenvalue weighted by Crippen LogP contribution is -2.21. The van der Waals surface area contributed by atoms with Crippen molar-refractivity contribution in [3.63, 3.8) is 0 Å². The van der Waals surface area contributed by atoms with Gasteiger partial charge in [0.15, 0.2) is 0 Å². The van der Waals surface area contributed by atoms with Crippen LogP contribution in [0.25, 0.3) is 0 Å². The van der Waals surface area contributed by atoms with Gasteiger partial charge in [-0.05, 0) is 24.6 Å². The maximum atomic E-state index is 13.4. The van der Waals surface area contributed by atoms with Gasteiger partial charge in [0, 0.05) is 24.1 Å². The Balaban J connectivity index is 1.76. The van der Waals surface area contributed by atoms with Gasteiger partial charge in [0.25, 0.3) is 0 Å². The lowest BCUT2D eigenvalue weighted by molar-refractivity contribution is -0.124. The maximum absolute atomic E-state index is 13.4. The highest BCUT2D eigenvalue weighted by molar-refractivity contribution is 5.94. The summed E-state index contributed by atoms with van der Waals surface area (Å²) in [6.07, 6.45) is 1.25. The SMILES string of the molecule is Cc1ccccc1NC(=O)CCC(=O)N/N=C/c1ccccc1F. The fraction of sp³-hybridized carbons (Fsp3) is 0.167. The molecule has 0 aliphatic rings. The van der Waals surface area contributed by atoms with Crippen molar-refractivity contribution < 1.29 is 14.0 Å². The Hall–Kier alpha value is -3.02. The summed E-state index contributed by atoms with van der Waals surface area (Å²) >= 11 is 0. The summed E-state index contributed by atoms with van der Waals surface area (Å²) in [5, 5.41) is 6.43. The van der Waals surface area contributed by atoms with E-state index in [0.717, 1.165) is 11.3 Å². The monoisotopic (exact) mass is 327 g/mol. The molecule has 0 saturated heterocycles. The molecule has 2 rings (SSSR count). The highest BCUT2D eigenvalue weighted by atomic mass is 19.1. The summed E-state index contributed by atoms with van der Waals surface area (Å²) in [7, 11) is 0. The van der Waals surface area contributed by atoms with E-state index in [2.05, 4.69) is 15.8 Å². The Labute approximate surface area is 139 Å². The van der Waals surface area contributed by atoms with Crippen LogP contribution >= 0.6 is 0 Å². The standard InChI is InChI=1S/C18H18FN3O2/c1-13-6-2-5-9-16(13)21-17(23)10-11-18(24)22-20-12-14-7-3-4-8-15(14)19/h2-9,12H,10-11H2,1H3,(H,21,23)(H,22,24)/b20-12+. The van der Waals surface area contributed by atoms with Crippen LogP contribution in [0, 0.1) is 12.7 Å². The third kappa shape index (κ3) is 5.31. The molecule has 0 radical (unpaired) electrons. The summed E-state index contributed by atoms with van der Waals surface area (Å²) in [5.74, 6) is -1.09. The van der Waals surface area contributed by atoms with Crippen molar-refractivity contribution in [1.82, 2.24) is 5.43 Å². The minimum atomic E-state index is -0.423. The molecular weight excluding hydrogens is 309 g/mol. The van der Waals surface area contributed by atoms with E-state index >= 15 is 0 Å². The maximum Gasteiger partial charge on any atom is 0.240 e. The van der Waals surface area contributed by atoms with Crippen LogP contribution in [0.3, 0.4) is 0 Å². The molecule has 0 aliphatic carbocycles. The first kappa shape index (κ1) is 17.3. The lowest BCUT2D eigenvalue weighted by atomic mass is 10.2. The van der Waals surface area contributed by atoms with E-state index in [1.54, 1.807) is 24.3 Å². The molecule has 0 saturated carbocycles. The highest BCUT2D eigenvalue weighted by Crippen LogP contribution is 2.13. The number of halogens is 1. The molecule has 124 valence electrons. The second-order valence-electron chi connectivity index (χ2n) is 5.18. The Bertz CT molecular complexity index is 759. The minimum Gasteiger partial charge on any atom is -0.326 e. The molecule has 2 amide bonds. The molecule has 0 bridgehead atoms. The van der Waals surface area contributed by atoms with Gasteiger partial charge in [0.1, 0.15) is 5.82 Å². The van der Waals surface area contributed by atoms with Gasteiger partial charge in [0.05, 0.1) is 6.21 Å². The minimum absolute atomic E-state index is 0.00761. The summed E-state index contributed by atoms with van der Waals surface area (Å²) < 4.78 is 13.4. The molecule has 0 spiro atoms. The van der Waals surface area contributed by atoms with Crippen LogP contribution in [0.15, 0.2) is 53.6 Å². The molecule has 0 atom stereocenters. The van der Waals surface area contributed by atoms with Gasteiger partial charge >= 0.3 is 0 Å². The zero-order valence-electron chi connectivity index (χ0n) is 13.3. The molecule has 2 aromatic carbocycles. The number of hydrogen-bond donors (Lipinski definition) is 2. The van der Waals surface area contributed by atoms with Crippen molar-refractivity contribution in [3.8, 4) is 0 Å². The number of carbonyl (C=O) groups excluding carboxylic acids is 2. The average Bonchev–Trinajstić information content (AvgIpc) is 2.57. The van der Waals surface area contributed by atoms with E-state index in [0.29, 0.717) is 0 Å². The van der Waals surface area contributed by atoms with Gasteiger partial charge in [-0.15, -0.1) is 0 Å². The predicted molar refractivity (Wildman–Crippen MR) is 91.2 cm³/mol. The Morgan fingerprint density at radius 3 is 2.46 bits per heavy atom. The Morgan fingerprint density at radius 1 is 1.04 bits per heavy atom. The van der Waals surface area contributed by atoms with Gasteiger partial charge in [-0.3, -0.25) is 9.59 Å². The van der Waals surface area contributed by atoms with Crippen LogP contribution in [0.5, 0.6) is 0 Å². The quantitative estimate of drug-likeness (QED) is 0.632. The van der Waals surface area contributed by atoms with E-state index in [9.17, 15) is 14.0 Å². The first-order valence-corrected chi connectivity index (χ1v) is 7.48. The number of aryl methyl sites for hydroxylation is 1. The highest BCUT2D eigenvalue weighted by Gasteiger charge is 2.07. The number of amides is 2. The number of nitrogens with zero attached hydrogens (tertiary/aromatic N) is 1. The third-order valence-electron chi connectivity index (χ3n) is 3.30. The van der Waals surface area contributed by atoms with Crippen LogP contribution < -0.4 is 10.7 Å². The number of rotatable bonds is 6. The second kappa shape index (κ2) is 8.57. The van der Waals surface area contributed by atoms with Crippen LogP contribution in [-0.4, -0.2) is 18.0 Å². The molecule has 2 N–H and O–H groups in total. The fourth-order valence-corrected chi connectivity index (χ4v) is 1.96. The molecule has 24 heavy (non-hydrogen) atoms. The van der Waals surface area contributed by atoms with Gasteiger partial charge < -0.3 is 5.32 Å². The second-order valence-corrected chi connectivity index (χ2v) is 5.18. The first-order valence-electron chi connectivity index (χ1n) is 7.48. The van der Waals surface area contributed by atoms with E-state index < -0.39 is 11.7 Å². The average molecular weight is 327 g/mol. The summed E-state index contributed by atoms with van der Waals surface area (Å²) in [6, 6.07) is 13.5. The molecule has 6 heteroatoms. The summed E-state index contributed by atoms with van der Waals surface area (Å²) in [5.41, 5.74) is 4.22. The van der Waals surface area contributed by atoms with Crippen molar-refractivity contribution in [2.75, 3.05) is 5.32 Å². The summed E-state index contributed by atoms with van der Waals surface area (Å²) in [6.45, 7) is 1.89. The van der Waals surface area contributed by atoms with Gasteiger partial charge in [-0.2, -0.15) is 5.10 Å². The van der Waals surface area contributed by atoms with Gasteiger partial charge in [-0.1, -0.05) is 36.4 Å². The third-order valence-corrected chi connectivity index (χ3v) is 3.30. The molecule has 0 aromatic heterocycles. The largest absolute Gasteiger partial charge is 0.326 e. The number of para-hydroxylation sites is 1. The fourth-order valence-electron chi connectivity index (χ4n) is 1.96. The first-order chi connectivity index (χ1) is 11.6. The number of carbonyl (C=O) groups is 2. The topological polar surface area (TPSA) is 70.6 Å². The smallest absolute Gasteiger partial charge is 0.240 e. The molecule has 2 aromatic rings. The molecule has 0 fully saturated rings. The molecule has 0 aliphatic heterocycles. The van der Waals surface area contributed by atoms with Crippen molar-refractivity contribution in [2.45, 2.75) is 19.8 Å². The summed E-state index contributed by atoms with van der Waals surface area (Å²) in [4.78, 5) is 23.5. The van der Waals surface area contributed by atoms with Crippen molar-refractivity contribution in [3.05, 3.63) is 65.5 Å². The zero-order chi connectivity index (χ0) is 17.4. The molecule has 0 unspecified atom stereocenters. The van der Waals surface area contributed by atoms with Crippen molar-refractivity contribution in [1.29, 1.82) is 0 Å². The van der Waals surface area contributed by atoms with E-state index in [-0.39, 0.29) is 24.3 Å². The lowest BCUT2D eigenvalue weighted by Gasteiger charge is -2.07. The van der Waals surface area contributed by atoms with Crippen molar-refractivity contribution >= 4 is 23.7 Å². The van der Waals surface area contributed by atoms with E-state index in [1.165, 1.54) is 12.3 Å². The number of anilines is 1. The Kier molecular flexibility index (Phi) is 6.19. The van der Waals surface area contributed by atoms with Gasteiger partial charge in [0.2, 0.25) is 11.8 Å². The van der Waals surface area contributed by atoms with E-state index in [4.69, 9.17) is 0 Å². The van der Waals surface area contributed by atoms with Gasteiger partial charge in [-0.25, -0.2) is 9.82 Å². The molecular formula is C18H18FN3O2. The molecule has 0 heterocycles. The number of hydrogen-bond acceptors (Lipinski definition) is 3. The number of nitrogens with one attached hydrogen (secondary N) is 2. The normalized spacial score (nSPS) is 10.6. The zero-order valence-corrected chi connectivity index (χ0v) is 13.3. The number of benzene rings is 2. The van der Waals surface area contributed by atoms with Crippen LogP contribution in [0.4, 0.5) is 10.1 Å². The van der Waals surface area contributed by atoms with E-state index in [1.807, 2.05) is 25.1 Å². The predicted octanol–water partition coefficient (Wildman–Crippen LogP) is 3.00. The van der Waals surface area contributed by atoms with Crippen LogP contribution in [0.1, 0.15) is 24.0 Å². The number of hydrazone groups is 1. The van der Waals surface area contributed by atoms with Crippen LogP contribution in [-0.2, 0) is 9.59 Å². The molecule has 5 nitrogen and oxygen atoms in total.